The molecule has 146 valence electrons. The zero-order valence-corrected chi connectivity index (χ0v) is 16.1. The molecule has 29 heavy (non-hydrogen) atoms. The topological polar surface area (TPSA) is 108 Å². The van der Waals surface area contributed by atoms with Crippen molar-refractivity contribution in [2.24, 2.45) is 5.92 Å². The zero-order chi connectivity index (χ0) is 19.8. The average molecular weight is 408 g/mol. The Balaban J connectivity index is 1.53. The first-order valence-electron chi connectivity index (χ1n) is 9.34. The standard InChI is InChI=1S/C20H18ClN7O/c21-12-5-6-15-14(7-12)17(25-18-13-3-1-2-4-16(13)27-28-18)26-19(24-15)20(29)23-10-11-8-22-9-11/h1-7,11,22H,8-10H2,(H,23,29)(H2,24,25,26,27,28). The number of hydrogen-bond donors (Lipinski definition) is 4. The molecule has 2 aromatic heterocycles. The zero-order valence-electron chi connectivity index (χ0n) is 15.4. The Bertz CT molecular complexity index is 1220. The number of halogens is 1. The minimum Gasteiger partial charge on any atom is -0.349 e. The first-order chi connectivity index (χ1) is 14.2. The normalized spacial score (nSPS) is 14.1. The van der Waals surface area contributed by atoms with Crippen LogP contribution in [-0.4, -0.2) is 45.7 Å². The fourth-order valence-corrected chi connectivity index (χ4v) is 3.45. The maximum atomic E-state index is 12.6. The van der Waals surface area contributed by atoms with Crippen molar-refractivity contribution in [1.29, 1.82) is 0 Å². The second-order valence-corrected chi connectivity index (χ2v) is 7.47. The largest absolute Gasteiger partial charge is 0.349 e. The maximum absolute atomic E-state index is 12.6. The number of H-pyrrole nitrogens is 1. The third kappa shape index (κ3) is 3.48. The van der Waals surface area contributed by atoms with E-state index in [1.54, 1.807) is 18.2 Å². The molecule has 8 nitrogen and oxygen atoms in total. The molecule has 0 bridgehead atoms. The number of para-hydroxylation sites is 1. The lowest BCUT2D eigenvalue weighted by Gasteiger charge is -2.26. The molecule has 9 heteroatoms. The Morgan fingerprint density at radius 2 is 1.97 bits per heavy atom. The number of anilines is 2. The number of carbonyl (C=O) groups excluding carboxylic acids is 1. The quantitative estimate of drug-likeness (QED) is 0.405. The Labute approximate surface area is 171 Å². The van der Waals surface area contributed by atoms with Crippen LogP contribution in [0.5, 0.6) is 0 Å². The number of rotatable bonds is 5. The summed E-state index contributed by atoms with van der Waals surface area (Å²) in [5, 5.41) is 18.9. The van der Waals surface area contributed by atoms with Crippen molar-refractivity contribution < 1.29 is 4.79 Å². The van der Waals surface area contributed by atoms with Gasteiger partial charge in [-0.1, -0.05) is 23.7 Å². The van der Waals surface area contributed by atoms with Gasteiger partial charge in [0.05, 0.1) is 11.0 Å². The highest BCUT2D eigenvalue weighted by molar-refractivity contribution is 6.31. The molecule has 2 aromatic carbocycles. The number of carbonyl (C=O) groups is 1. The molecule has 0 atom stereocenters. The van der Waals surface area contributed by atoms with Gasteiger partial charge < -0.3 is 16.0 Å². The summed E-state index contributed by atoms with van der Waals surface area (Å²) in [4.78, 5) is 21.5. The number of amides is 1. The van der Waals surface area contributed by atoms with Crippen LogP contribution >= 0.6 is 11.6 Å². The number of aromatic nitrogens is 4. The molecule has 3 heterocycles. The summed E-state index contributed by atoms with van der Waals surface area (Å²) in [5.41, 5.74) is 1.53. The van der Waals surface area contributed by atoms with E-state index in [2.05, 4.69) is 36.1 Å². The fourth-order valence-electron chi connectivity index (χ4n) is 3.28. The minimum absolute atomic E-state index is 0.106. The lowest BCUT2D eigenvalue weighted by Crippen LogP contribution is -2.48. The highest BCUT2D eigenvalue weighted by Gasteiger charge is 2.20. The van der Waals surface area contributed by atoms with Crippen molar-refractivity contribution in [2.45, 2.75) is 0 Å². The molecule has 4 N–H and O–H groups in total. The number of fused-ring (bicyclic) bond motifs is 2. The van der Waals surface area contributed by atoms with E-state index >= 15 is 0 Å². The van der Waals surface area contributed by atoms with Gasteiger partial charge >= 0.3 is 0 Å². The molecule has 0 saturated carbocycles. The van der Waals surface area contributed by atoms with Crippen molar-refractivity contribution in [3.63, 3.8) is 0 Å². The van der Waals surface area contributed by atoms with E-state index in [4.69, 9.17) is 11.6 Å². The van der Waals surface area contributed by atoms with Crippen molar-refractivity contribution in [3.05, 3.63) is 53.3 Å². The van der Waals surface area contributed by atoms with Crippen molar-refractivity contribution in [2.75, 3.05) is 25.0 Å². The van der Waals surface area contributed by atoms with Gasteiger partial charge in [-0.3, -0.25) is 9.89 Å². The van der Waals surface area contributed by atoms with Gasteiger partial charge in [-0.25, -0.2) is 9.97 Å². The van der Waals surface area contributed by atoms with E-state index in [0.29, 0.717) is 40.0 Å². The summed E-state index contributed by atoms with van der Waals surface area (Å²) < 4.78 is 0. The Hall–Kier alpha value is -3.23. The lowest BCUT2D eigenvalue weighted by molar-refractivity contribution is 0.0932. The van der Waals surface area contributed by atoms with E-state index < -0.39 is 0 Å². The molecular formula is C20H18ClN7O. The van der Waals surface area contributed by atoms with Crippen molar-refractivity contribution >= 4 is 50.9 Å². The van der Waals surface area contributed by atoms with Gasteiger partial charge in [-0.05, 0) is 30.3 Å². The second kappa shape index (κ2) is 7.31. The predicted octanol–water partition coefficient (Wildman–Crippen LogP) is 2.85. The average Bonchev–Trinajstić information content (AvgIpc) is 3.10. The third-order valence-corrected chi connectivity index (χ3v) is 5.22. The first kappa shape index (κ1) is 17.8. The highest BCUT2D eigenvalue weighted by Crippen LogP contribution is 2.29. The molecule has 0 radical (unpaired) electrons. The number of benzene rings is 2. The van der Waals surface area contributed by atoms with Crippen LogP contribution in [-0.2, 0) is 0 Å². The summed E-state index contributed by atoms with van der Waals surface area (Å²) in [7, 11) is 0. The van der Waals surface area contributed by atoms with Crippen molar-refractivity contribution in [3.8, 4) is 0 Å². The lowest BCUT2D eigenvalue weighted by atomic mass is 10.0. The number of nitrogens with one attached hydrogen (secondary N) is 4. The van der Waals surface area contributed by atoms with Gasteiger partial charge in [0.1, 0.15) is 5.82 Å². The van der Waals surface area contributed by atoms with E-state index in [0.717, 1.165) is 24.0 Å². The summed E-state index contributed by atoms with van der Waals surface area (Å²) in [6, 6.07) is 13.1. The minimum atomic E-state index is -0.302. The van der Waals surface area contributed by atoms with Crippen LogP contribution in [0.3, 0.4) is 0 Å². The number of hydrogen-bond acceptors (Lipinski definition) is 6. The molecule has 0 spiro atoms. The van der Waals surface area contributed by atoms with Crippen molar-refractivity contribution in [1.82, 2.24) is 30.8 Å². The number of aromatic amines is 1. The van der Waals surface area contributed by atoms with E-state index in [-0.39, 0.29) is 11.7 Å². The molecular weight excluding hydrogens is 390 g/mol. The molecule has 1 amide bonds. The van der Waals surface area contributed by atoms with E-state index in [1.165, 1.54) is 0 Å². The van der Waals surface area contributed by atoms with Crippen LogP contribution in [0.15, 0.2) is 42.5 Å². The van der Waals surface area contributed by atoms with E-state index in [1.807, 2.05) is 24.3 Å². The van der Waals surface area contributed by atoms with Crippen LogP contribution in [0.1, 0.15) is 10.6 Å². The molecule has 1 aliphatic rings. The van der Waals surface area contributed by atoms with Crippen LogP contribution < -0.4 is 16.0 Å². The molecule has 1 saturated heterocycles. The van der Waals surface area contributed by atoms with Crippen LogP contribution in [0, 0.1) is 5.92 Å². The monoisotopic (exact) mass is 407 g/mol. The second-order valence-electron chi connectivity index (χ2n) is 7.03. The van der Waals surface area contributed by atoms with E-state index in [9.17, 15) is 4.79 Å². The van der Waals surface area contributed by atoms with Gasteiger partial charge in [-0.2, -0.15) is 5.10 Å². The van der Waals surface area contributed by atoms with Crippen LogP contribution in [0.25, 0.3) is 21.8 Å². The van der Waals surface area contributed by atoms with Gasteiger partial charge in [0.2, 0.25) is 5.82 Å². The molecule has 0 unspecified atom stereocenters. The smallest absolute Gasteiger partial charge is 0.289 e. The van der Waals surface area contributed by atoms with Crippen LogP contribution in [0.2, 0.25) is 5.02 Å². The molecule has 4 aromatic rings. The van der Waals surface area contributed by atoms with Gasteiger partial charge in [0.15, 0.2) is 5.82 Å². The molecule has 5 rings (SSSR count). The third-order valence-electron chi connectivity index (χ3n) is 4.99. The van der Waals surface area contributed by atoms with Gasteiger partial charge in [-0.15, -0.1) is 0 Å². The van der Waals surface area contributed by atoms with Crippen LogP contribution in [0.4, 0.5) is 11.6 Å². The Morgan fingerprint density at radius 1 is 1.10 bits per heavy atom. The maximum Gasteiger partial charge on any atom is 0.289 e. The Kier molecular flexibility index (Phi) is 4.49. The fraction of sp³-hybridized carbons (Fsp3) is 0.200. The summed E-state index contributed by atoms with van der Waals surface area (Å²) >= 11 is 6.19. The van der Waals surface area contributed by atoms with Gasteiger partial charge in [0, 0.05) is 41.3 Å². The molecule has 1 fully saturated rings. The highest BCUT2D eigenvalue weighted by atomic mass is 35.5. The first-order valence-corrected chi connectivity index (χ1v) is 9.71. The summed E-state index contributed by atoms with van der Waals surface area (Å²) in [5.74, 6) is 1.35. The SMILES string of the molecule is O=C(NCC1CNC1)c1nc(Nc2n[nH]c3ccccc23)c2cc(Cl)ccc2n1. The summed E-state index contributed by atoms with van der Waals surface area (Å²) in [6.45, 7) is 2.42. The molecule has 1 aliphatic heterocycles. The predicted molar refractivity (Wildman–Crippen MR) is 113 cm³/mol. The Morgan fingerprint density at radius 3 is 2.79 bits per heavy atom. The molecule has 0 aliphatic carbocycles. The number of nitrogens with zero attached hydrogens (tertiary/aromatic N) is 3. The van der Waals surface area contributed by atoms with Gasteiger partial charge in [0.25, 0.3) is 5.91 Å². The summed E-state index contributed by atoms with van der Waals surface area (Å²) in [6.07, 6.45) is 0.